The number of anilines is 1. The molecule has 5 atom stereocenters. The van der Waals surface area contributed by atoms with Gasteiger partial charge in [-0.2, -0.15) is 9.97 Å². The van der Waals surface area contributed by atoms with E-state index in [2.05, 4.69) is 20.0 Å². The molecular weight excluding hydrogens is 602 g/mol. The number of aromatic nitrogens is 4. The normalized spacial score (nSPS) is 22.7. The molecule has 1 fully saturated rings. The SMILES string of the molecule is CC(C)(CO)C(=O)SCCOP(=O)(NCc1ccccc1)OC[C@H]1O[C@@H](n2cnc3c(N)nc(Cl)nc32)C(F)C1O. The van der Waals surface area contributed by atoms with Crippen molar-refractivity contribution in [1.29, 1.82) is 0 Å². The number of nitrogens with one attached hydrogen (secondary N) is 1. The van der Waals surface area contributed by atoms with Crippen molar-refractivity contribution in [3.63, 3.8) is 0 Å². The van der Waals surface area contributed by atoms with Crippen molar-refractivity contribution in [2.45, 2.75) is 45.0 Å². The molecule has 0 bridgehead atoms. The number of aliphatic hydroxyl groups is 2. The lowest BCUT2D eigenvalue weighted by molar-refractivity contribution is -0.119. The number of carbonyl (C=O) groups excluding carboxylic acids is 1. The quantitative estimate of drug-likeness (QED) is 0.123. The van der Waals surface area contributed by atoms with Crippen LogP contribution in [0.2, 0.25) is 5.28 Å². The van der Waals surface area contributed by atoms with E-state index in [4.69, 9.17) is 31.1 Å². The summed E-state index contributed by atoms with van der Waals surface area (Å²) in [5.74, 6) is 0.135. The highest BCUT2D eigenvalue weighted by Gasteiger charge is 2.47. The molecule has 224 valence electrons. The molecule has 0 radical (unpaired) electrons. The topological polar surface area (TPSA) is 184 Å². The van der Waals surface area contributed by atoms with Gasteiger partial charge in [0.2, 0.25) is 5.28 Å². The Morgan fingerprint density at radius 1 is 1.32 bits per heavy atom. The summed E-state index contributed by atoms with van der Waals surface area (Å²) in [4.78, 5) is 24.2. The molecule has 1 saturated heterocycles. The number of benzene rings is 1. The van der Waals surface area contributed by atoms with Gasteiger partial charge in [0.1, 0.15) is 17.7 Å². The highest BCUT2D eigenvalue weighted by molar-refractivity contribution is 8.13. The molecule has 3 unspecified atom stereocenters. The van der Waals surface area contributed by atoms with Crippen LogP contribution in [0.25, 0.3) is 11.2 Å². The number of hydrogen-bond acceptors (Lipinski definition) is 12. The zero-order valence-electron chi connectivity index (χ0n) is 22.2. The van der Waals surface area contributed by atoms with Crippen molar-refractivity contribution < 1.29 is 37.7 Å². The maximum Gasteiger partial charge on any atom is 0.405 e. The van der Waals surface area contributed by atoms with Crippen LogP contribution in [0.5, 0.6) is 0 Å². The summed E-state index contributed by atoms with van der Waals surface area (Å²) in [6.07, 6.45) is -4.93. The van der Waals surface area contributed by atoms with Crippen LogP contribution in [-0.2, 0) is 29.7 Å². The molecule has 13 nitrogen and oxygen atoms in total. The Bertz CT molecular complexity index is 1400. The Morgan fingerprint density at radius 2 is 2.05 bits per heavy atom. The van der Waals surface area contributed by atoms with E-state index in [1.54, 1.807) is 13.8 Å². The molecule has 0 saturated carbocycles. The fraction of sp³-hybridized carbons (Fsp3) is 0.500. The van der Waals surface area contributed by atoms with Crippen LogP contribution < -0.4 is 10.8 Å². The highest BCUT2D eigenvalue weighted by atomic mass is 35.5. The molecule has 1 aliphatic heterocycles. The Kier molecular flexibility index (Phi) is 10.4. The summed E-state index contributed by atoms with van der Waals surface area (Å²) in [6, 6.07) is 9.07. The monoisotopic (exact) mass is 632 g/mol. The molecule has 3 aromatic rings. The summed E-state index contributed by atoms with van der Waals surface area (Å²) < 4.78 is 46.9. The van der Waals surface area contributed by atoms with E-state index in [1.807, 2.05) is 30.3 Å². The van der Waals surface area contributed by atoms with Gasteiger partial charge in [-0.05, 0) is 31.0 Å². The summed E-state index contributed by atoms with van der Waals surface area (Å²) in [6.45, 7) is 2.39. The third-order valence-electron chi connectivity index (χ3n) is 6.24. The molecule has 3 heterocycles. The van der Waals surface area contributed by atoms with E-state index in [-0.39, 0.29) is 52.9 Å². The number of nitrogens with two attached hydrogens (primary N) is 1. The lowest BCUT2D eigenvalue weighted by Crippen LogP contribution is -2.32. The standard InChI is InChI=1S/C24H31ClFN6O7PS/c1-24(2,12-33)22(35)41-9-8-37-40(36,29-10-14-6-4-3-5-7-14)38-11-15-18(34)16(26)21(39-15)32-13-28-17-19(27)30-23(25)31-20(17)32/h3-7,13,15-16,18,21,33-34H,8-12H2,1-2H3,(H,29,36)(H2,27,30,31)/t15-,16?,18?,21-,40?/m1/s1. The number of hydrogen-bond donors (Lipinski definition) is 4. The summed E-state index contributed by atoms with van der Waals surface area (Å²) >= 11 is 6.82. The first kappa shape index (κ1) is 31.7. The Hall–Kier alpha value is -2.20. The molecule has 1 aromatic carbocycles. The van der Waals surface area contributed by atoms with Gasteiger partial charge in [0.25, 0.3) is 0 Å². The fourth-order valence-electron chi connectivity index (χ4n) is 3.80. The minimum Gasteiger partial charge on any atom is -0.395 e. The first-order chi connectivity index (χ1) is 19.4. The van der Waals surface area contributed by atoms with Crippen LogP contribution in [0.15, 0.2) is 36.7 Å². The smallest absolute Gasteiger partial charge is 0.395 e. The molecule has 4 rings (SSSR count). The highest BCUT2D eigenvalue weighted by Crippen LogP contribution is 2.46. The number of ether oxygens (including phenoxy) is 1. The Morgan fingerprint density at radius 3 is 2.76 bits per heavy atom. The number of thioether (sulfide) groups is 1. The van der Waals surface area contributed by atoms with Crippen LogP contribution >= 0.6 is 31.1 Å². The van der Waals surface area contributed by atoms with E-state index >= 15 is 4.39 Å². The number of nitrogens with zero attached hydrogens (tertiary/aromatic N) is 4. The van der Waals surface area contributed by atoms with Crippen LogP contribution in [0.4, 0.5) is 10.2 Å². The van der Waals surface area contributed by atoms with Crippen LogP contribution in [0.1, 0.15) is 25.6 Å². The van der Waals surface area contributed by atoms with Crippen molar-refractivity contribution in [2.75, 3.05) is 31.3 Å². The second kappa shape index (κ2) is 13.4. The van der Waals surface area contributed by atoms with Gasteiger partial charge in [-0.1, -0.05) is 42.1 Å². The van der Waals surface area contributed by atoms with E-state index in [1.165, 1.54) is 10.9 Å². The minimum atomic E-state index is -4.03. The van der Waals surface area contributed by atoms with Crippen molar-refractivity contribution >= 4 is 53.2 Å². The van der Waals surface area contributed by atoms with Gasteiger partial charge in [-0.25, -0.2) is 19.0 Å². The second-order valence-electron chi connectivity index (χ2n) is 9.83. The van der Waals surface area contributed by atoms with Gasteiger partial charge in [0.15, 0.2) is 29.0 Å². The number of nitrogen functional groups attached to an aromatic ring is 1. The maximum absolute atomic E-state index is 15.2. The maximum atomic E-state index is 15.2. The largest absolute Gasteiger partial charge is 0.405 e. The zero-order chi connectivity index (χ0) is 29.8. The first-order valence-corrected chi connectivity index (χ1v) is 15.4. The molecule has 5 N–H and O–H groups in total. The lowest BCUT2D eigenvalue weighted by Gasteiger charge is -2.23. The summed E-state index contributed by atoms with van der Waals surface area (Å²) in [5.41, 5.74) is 5.97. The zero-order valence-corrected chi connectivity index (χ0v) is 24.7. The van der Waals surface area contributed by atoms with Gasteiger partial charge in [0.05, 0.1) is 31.6 Å². The molecule has 41 heavy (non-hydrogen) atoms. The van der Waals surface area contributed by atoms with Crippen molar-refractivity contribution in [1.82, 2.24) is 24.6 Å². The lowest BCUT2D eigenvalue weighted by atomic mass is 9.97. The van der Waals surface area contributed by atoms with Crippen LogP contribution in [0, 0.1) is 5.41 Å². The molecular formula is C24H31ClFN6O7PS. The van der Waals surface area contributed by atoms with Crippen molar-refractivity contribution in [2.24, 2.45) is 5.41 Å². The number of imidazole rings is 1. The third kappa shape index (κ3) is 7.61. The summed E-state index contributed by atoms with van der Waals surface area (Å²) in [7, 11) is -4.03. The summed E-state index contributed by atoms with van der Waals surface area (Å²) in [5, 5.41) is 22.3. The average Bonchev–Trinajstić information content (AvgIpc) is 3.49. The van der Waals surface area contributed by atoms with E-state index in [0.717, 1.165) is 17.3 Å². The number of rotatable bonds is 13. The van der Waals surface area contributed by atoms with Gasteiger partial charge in [-0.3, -0.25) is 18.4 Å². The second-order valence-corrected chi connectivity index (χ2v) is 13.1. The van der Waals surface area contributed by atoms with Crippen molar-refractivity contribution in [3.8, 4) is 0 Å². The van der Waals surface area contributed by atoms with E-state index in [9.17, 15) is 19.6 Å². The molecule has 1 aliphatic rings. The van der Waals surface area contributed by atoms with Gasteiger partial charge >= 0.3 is 7.75 Å². The minimum absolute atomic E-state index is 0.00467. The van der Waals surface area contributed by atoms with Gasteiger partial charge in [0, 0.05) is 12.3 Å². The first-order valence-electron chi connectivity index (χ1n) is 12.5. The van der Waals surface area contributed by atoms with E-state index in [0.29, 0.717) is 0 Å². The third-order valence-corrected chi connectivity index (χ3v) is 9.15. The van der Waals surface area contributed by atoms with Crippen molar-refractivity contribution in [3.05, 3.63) is 47.5 Å². The molecule has 0 spiro atoms. The molecule has 0 aliphatic carbocycles. The molecule has 0 amide bonds. The number of aliphatic hydroxyl groups excluding tert-OH is 2. The Balaban J connectivity index is 1.42. The van der Waals surface area contributed by atoms with Crippen LogP contribution in [0.3, 0.4) is 0 Å². The fourth-order valence-corrected chi connectivity index (χ4v) is 6.21. The number of fused-ring (bicyclic) bond motifs is 1. The number of alkyl halides is 1. The van der Waals surface area contributed by atoms with E-state index < -0.39 is 44.4 Å². The molecule has 2 aromatic heterocycles. The van der Waals surface area contributed by atoms with Crippen LogP contribution in [-0.4, -0.2) is 78.8 Å². The van der Waals surface area contributed by atoms with Gasteiger partial charge < -0.3 is 20.7 Å². The van der Waals surface area contributed by atoms with Gasteiger partial charge in [-0.15, -0.1) is 0 Å². The number of carbonyl (C=O) groups is 1. The average molecular weight is 633 g/mol. The predicted molar refractivity (Wildman–Crippen MR) is 151 cm³/mol. The Labute approximate surface area is 244 Å². The number of halogens is 2. The molecule has 17 heteroatoms. The predicted octanol–water partition coefficient (Wildman–Crippen LogP) is 2.87.